The number of carboxylic acids is 1. The maximum absolute atomic E-state index is 12.6. The van der Waals surface area contributed by atoms with Gasteiger partial charge in [0.05, 0.1) is 0 Å². The van der Waals surface area contributed by atoms with Crippen LogP contribution in [-0.2, 0) is 11.2 Å². The minimum absolute atomic E-state index is 0.197. The van der Waals surface area contributed by atoms with Crippen LogP contribution in [0.1, 0.15) is 11.1 Å². The van der Waals surface area contributed by atoms with Gasteiger partial charge in [-0.3, -0.25) is 9.69 Å². The summed E-state index contributed by atoms with van der Waals surface area (Å²) in [6.07, 6.45) is 0.637. The van der Waals surface area contributed by atoms with Gasteiger partial charge in [0.25, 0.3) is 0 Å². The van der Waals surface area contributed by atoms with E-state index in [0.29, 0.717) is 17.9 Å². The zero-order valence-electron chi connectivity index (χ0n) is 14.1. The molecule has 0 bridgehead atoms. The van der Waals surface area contributed by atoms with Gasteiger partial charge in [-0.05, 0) is 36.6 Å². The molecule has 2 aromatic rings. The molecule has 0 spiro atoms. The van der Waals surface area contributed by atoms with Crippen molar-refractivity contribution in [1.82, 2.24) is 5.32 Å². The number of amides is 2. The fraction of sp³-hybridized carbons (Fsp3) is 0.263. The van der Waals surface area contributed by atoms with E-state index in [-0.39, 0.29) is 6.04 Å². The number of carbonyl (C=O) groups is 2. The molecule has 1 unspecified atom stereocenters. The topological polar surface area (TPSA) is 69.6 Å². The second-order valence-corrected chi connectivity index (χ2v) is 6.14. The van der Waals surface area contributed by atoms with E-state index in [0.717, 1.165) is 11.1 Å². The summed E-state index contributed by atoms with van der Waals surface area (Å²) in [6, 6.07) is 16.1. The Bertz CT molecular complexity index is 722. The van der Waals surface area contributed by atoms with E-state index in [9.17, 15) is 9.59 Å². The molecule has 1 atom stereocenters. The number of thiol groups is 1. The van der Waals surface area contributed by atoms with E-state index >= 15 is 0 Å². The molecule has 0 aliphatic heterocycles. The monoisotopic (exact) mass is 358 g/mol. The number of urea groups is 1. The van der Waals surface area contributed by atoms with Crippen molar-refractivity contribution in [2.24, 2.45) is 0 Å². The second-order valence-electron chi connectivity index (χ2n) is 5.78. The van der Waals surface area contributed by atoms with Gasteiger partial charge in [0.15, 0.2) is 0 Å². The number of carbonyl (C=O) groups excluding carboxylic acids is 1. The summed E-state index contributed by atoms with van der Waals surface area (Å²) in [4.78, 5) is 25.0. The van der Waals surface area contributed by atoms with Crippen molar-refractivity contribution in [3.8, 4) is 0 Å². The summed E-state index contributed by atoms with van der Waals surface area (Å²) >= 11 is 4.33. The summed E-state index contributed by atoms with van der Waals surface area (Å²) in [5.74, 6) is -0.615. The molecule has 2 rings (SSSR count). The number of hydrogen-bond acceptors (Lipinski definition) is 3. The summed E-state index contributed by atoms with van der Waals surface area (Å²) in [6.45, 7) is 1.62. The minimum Gasteiger partial charge on any atom is -0.480 e. The third-order valence-corrected chi connectivity index (χ3v) is 4.32. The SMILES string of the molecule is Cc1ccccc1CC(CS)NC(=O)N(CC(=O)O)c1ccccc1. The highest BCUT2D eigenvalue weighted by molar-refractivity contribution is 7.80. The highest BCUT2D eigenvalue weighted by atomic mass is 32.1. The van der Waals surface area contributed by atoms with Gasteiger partial charge in [-0.15, -0.1) is 0 Å². The van der Waals surface area contributed by atoms with Gasteiger partial charge in [0, 0.05) is 17.5 Å². The lowest BCUT2D eigenvalue weighted by Gasteiger charge is -2.25. The molecule has 0 heterocycles. The van der Waals surface area contributed by atoms with Gasteiger partial charge in [-0.25, -0.2) is 4.79 Å². The molecular weight excluding hydrogens is 336 g/mol. The van der Waals surface area contributed by atoms with Crippen molar-refractivity contribution in [3.05, 3.63) is 65.7 Å². The van der Waals surface area contributed by atoms with Crippen molar-refractivity contribution in [1.29, 1.82) is 0 Å². The van der Waals surface area contributed by atoms with Gasteiger partial charge in [0.2, 0.25) is 0 Å². The molecule has 2 N–H and O–H groups in total. The first kappa shape index (κ1) is 18.9. The maximum Gasteiger partial charge on any atom is 0.323 e. The fourth-order valence-corrected chi connectivity index (χ4v) is 2.76. The number of aryl methyl sites for hydroxylation is 1. The highest BCUT2D eigenvalue weighted by Crippen LogP contribution is 2.15. The Balaban J connectivity index is 2.12. The first-order valence-corrected chi connectivity index (χ1v) is 8.64. The number of hydrogen-bond donors (Lipinski definition) is 3. The Labute approximate surface area is 153 Å². The van der Waals surface area contributed by atoms with E-state index in [2.05, 4.69) is 17.9 Å². The summed E-state index contributed by atoms with van der Waals surface area (Å²) in [5, 5.41) is 12.0. The number of para-hydroxylation sites is 1. The normalized spacial score (nSPS) is 11.6. The second kappa shape index (κ2) is 9.13. The molecule has 0 aliphatic carbocycles. The van der Waals surface area contributed by atoms with Crippen LogP contribution < -0.4 is 10.2 Å². The van der Waals surface area contributed by atoms with Crippen LogP contribution in [0.3, 0.4) is 0 Å². The molecule has 132 valence electrons. The Kier molecular flexibility index (Phi) is 6.89. The third-order valence-electron chi connectivity index (χ3n) is 3.88. The van der Waals surface area contributed by atoms with Crippen LogP contribution in [0.4, 0.5) is 10.5 Å². The van der Waals surface area contributed by atoms with E-state index in [1.54, 1.807) is 24.3 Å². The molecular formula is C19H22N2O3S. The largest absolute Gasteiger partial charge is 0.480 e. The summed E-state index contributed by atoms with van der Waals surface area (Å²) in [5.41, 5.74) is 2.82. The summed E-state index contributed by atoms with van der Waals surface area (Å²) in [7, 11) is 0. The molecule has 0 saturated heterocycles. The number of aliphatic carboxylic acids is 1. The van der Waals surface area contributed by atoms with Crippen LogP contribution in [0.25, 0.3) is 0 Å². The van der Waals surface area contributed by atoms with Crippen LogP contribution in [0.15, 0.2) is 54.6 Å². The predicted octanol–water partition coefficient (Wildman–Crippen LogP) is 3.14. The lowest BCUT2D eigenvalue weighted by molar-refractivity contribution is -0.135. The first-order chi connectivity index (χ1) is 12.0. The van der Waals surface area contributed by atoms with Gasteiger partial charge in [-0.1, -0.05) is 42.5 Å². The van der Waals surface area contributed by atoms with Crippen molar-refractivity contribution < 1.29 is 14.7 Å². The molecule has 2 aromatic carbocycles. The lowest BCUT2D eigenvalue weighted by Crippen LogP contribution is -2.48. The predicted molar refractivity (Wildman–Crippen MR) is 102 cm³/mol. The number of nitrogens with zero attached hydrogens (tertiary/aromatic N) is 1. The van der Waals surface area contributed by atoms with E-state index < -0.39 is 18.5 Å². The van der Waals surface area contributed by atoms with Gasteiger partial charge < -0.3 is 10.4 Å². The maximum atomic E-state index is 12.6. The minimum atomic E-state index is -1.07. The van der Waals surface area contributed by atoms with Gasteiger partial charge >= 0.3 is 12.0 Å². The number of nitrogens with one attached hydrogen (secondary N) is 1. The van der Waals surface area contributed by atoms with Crippen molar-refractivity contribution in [2.75, 3.05) is 17.2 Å². The van der Waals surface area contributed by atoms with Crippen LogP contribution in [-0.4, -0.2) is 35.4 Å². The molecule has 25 heavy (non-hydrogen) atoms. The van der Waals surface area contributed by atoms with Gasteiger partial charge in [-0.2, -0.15) is 12.6 Å². The zero-order chi connectivity index (χ0) is 18.2. The molecule has 0 saturated carbocycles. The lowest BCUT2D eigenvalue weighted by atomic mass is 10.0. The Hall–Kier alpha value is -2.47. The standard InChI is InChI=1S/C19H22N2O3S/c1-14-7-5-6-8-15(14)11-16(13-25)20-19(24)21(12-18(22)23)17-9-3-2-4-10-17/h2-10,16,25H,11-13H2,1H3,(H,20,24)(H,22,23). The number of benzene rings is 2. The number of rotatable bonds is 7. The average Bonchev–Trinajstić information content (AvgIpc) is 2.61. The molecule has 2 amide bonds. The quantitative estimate of drug-likeness (QED) is 0.666. The molecule has 0 aromatic heterocycles. The molecule has 5 nitrogen and oxygen atoms in total. The summed E-state index contributed by atoms with van der Waals surface area (Å²) < 4.78 is 0. The zero-order valence-corrected chi connectivity index (χ0v) is 14.9. The third kappa shape index (κ3) is 5.53. The smallest absolute Gasteiger partial charge is 0.323 e. The Morgan fingerprint density at radius 3 is 2.36 bits per heavy atom. The van der Waals surface area contributed by atoms with Gasteiger partial charge in [0.1, 0.15) is 6.54 Å². The first-order valence-electron chi connectivity index (χ1n) is 8.01. The Morgan fingerprint density at radius 1 is 1.12 bits per heavy atom. The van der Waals surface area contributed by atoms with Crippen molar-refractivity contribution in [2.45, 2.75) is 19.4 Å². The van der Waals surface area contributed by atoms with Crippen molar-refractivity contribution >= 4 is 30.3 Å². The van der Waals surface area contributed by atoms with Crippen LogP contribution in [0.5, 0.6) is 0 Å². The number of carboxylic acid groups (broad SMARTS) is 1. The Morgan fingerprint density at radius 2 is 1.76 bits per heavy atom. The van der Waals surface area contributed by atoms with Crippen molar-refractivity contribution in [3.63, 3.8) is 0 Å². The van der Waals surface area contributed by atoms with Crippen LogP contribution in [0, 0.1) is 6.92 Å². The van der Waals surface area contributed by atoms with Crippen LogP contribution in [0.2, 0.25) is 0 Å². The van der Waals surface area contributed by atoms with E-state index in [1.807, 2.05) is 37.3 Å². The average molecular weight is 358 g/mol. The molecule has 0 radical (unpaired) electrons. The molecule has 6 heteroatoms. The van der Waals surface area contributed by atoms with E-state index in [4.69, 9.17) is 5.11 Å². The highest BCUT2D eigenvalue weighted by Gasteiger charge is 2.21. The molecule has 0 aliphatic rings. The van der Waals surface area contributed by atoms with E-state index in [1.165, 1.54) is 4.90 Å². The number of anilines is 1. The molecule has 0 fully saturated rings. The fourth-order valence-electron chi connectivity index (χ4n) is 2.54. The van der Waals surface area contributed by atoms with Crippen LogP contribution >= 0.6 is 12.6 Å².